The molecule has 0 aliphatic heterocycles. The Labute approximate surface area is 85.9 Å². The van der Waals surface area contributed by atoms with Crippen LogP contribution in [0.25, 0.3) is 0 Å². The van der Waals surface area contributed by atoms with Gasteiger partial charge >= 0.3 is 0 Å². The van der Waals surface area contributed by atoms with Gasteiger partial charge in [-0.1, -0.05) is 19.8 Å². The van der Waals surface area contributed by atoms with Crippen molar-refractivity contribution in [2.24, 2.45) is 5.41 Å². The molecule has 0 bridgehead atoms. The second-order valence-electron chi connectivity index (χ2n) is 4.39. The Kier molecular flexibility index (Phi) is 4.39. The van der Waals surface area contributed by atoms with Crippen LogP contribution in [0.3, 0.4) is 0 Å². The van der Waals surface area contributed by atoms with E-state index < -0.39 is 0 Å². The SMILES string of the molecule is CCCC(=O)NCC1(CO)CCCC1. The lowest BCUT2D eigenvalue weighted by molar-refractivity contribution is -0.121. The molecule has 0 spiro atoms. The van der Waals surface area contributed by atoms with Gasteiger partial charge < -0.3 is 10.4 Å². The topological polar surface area (TPSA) is 49.3 Å². The van der Waals surface area contributed by atoms with Gasteiger partial charge in [-0.25, -0.2) is 0 Å². The van der Waals surface area contributed by atoms with Gasteiger partial charge in [0.05, 0.1) is 6.61 Å². The van der Waals surface area contributed by atoms with Crippen LogP contribution in [-0.2, 0) is 4.79 Å². The summed E-state index contributed by atoms with van der Waals surface area (Å²) in [6, 6.07) is 0. The smallest absolute Gasteiger partial charge is 0.220 e. The van der Waals surface area contributed by atoms with Gasteiger partial charge in [0.25, 0.3) is 0 Å². The van der Waals surface area contributed by atoms with Crippen LogP contribution in [0.4, 0.5) is 0 Å². The minimum absolute atomic E-state index is 0.0105. The molecule has 1 fully saturated rings. The summed E-state index contributed by atoms with van der Waals surface area (Å²) in [5, 5.41) is 12.2. The highest BCUT2D eigenvalue weighted by Crippen LogP contribution is 2.36. The molecule has 3 nitrogen and oxygen atoms in total. The number of rotatable bonds is 5. The third kappa shape index (κ3) is 2.98. The lowest BCUT2D eigenvalue weighted by atomic mass is 9.87. The van der Waals surface area contributed by atoms with Gasteiger partial charge in [-0.3, -0.25) is 4.79 Å². The molecule has 82 valence electrons. The molecule has 1 aliphatic carbocycles. The van der Waals surface area contributed by atoms with Crippen LogP contribution in [0.1, 0.15) is 45.4 Å². The normalized spacial score (nSPS) is 19.6. The molecular weight excluding hydrogens is 178 g/mol. The lowest BCUT2D eigenvalue weighted by Crippen LogP contribution is -2.38. The molecule has 1 amide bonds. The van der Waals surface area contributed by atoms with Crippen molar-refractivity contribution < 1.29 is 9.90 Å². The Morgan fingerprint density at radius 3 is 2.57 bits per heavy atom. The number of aliphatic hydroxyl groups excluding tert-OH is 1. The first kappa shape index (κ1) is 11.5. The van der Waals surface area contributed by atoms with Crippen molar-refractivity contribution in [1.29, 1.82) is 0 Å². The van der Waals surface area contributed by atoms with Crippen molar-refractivity contribution in [3.8, 4) is 0 Å². The molecule has 0 unspecified atom stereocenters. The van der Waals surface area contributed by atoms with Gasteiger partial charge in [0.1, 0.15) is 0 Å². The molecule has 0 aromatic rings. The maximum absolute atomic E-state index is 11.3. The zero-order valence-electron chi connectivity index (χ0n) is 9.01. The van der Waals surface area contributed by atoms with E-state index in [1.165, 1.54) is 12.8 Å². The second kappa shape index (κ2) is 5.35. The van der Waals surface area contributed by atoms with E-state index in [2.05, 4.69) is 5.32 Å². The summed E-state index contributed by atoms with van der Waals surface area (Å²) < 4.78 is 0. The average molecular weight is 199 g/mol. The zero-order valence-corrected chi connectivity index (χ0v) is 9.01. The van der Waals surface area contributed by atoms with E-state index in [-0.39, 0.29) is 17.9 Å². The van der Waals surface area contributed by atoms with Gasteiger partial charge in [-0.2, -0.15) is 0 Å². The Balaban J connectivity index is 2.30. The predicted molar refractivity (Wildman–Crippen MR) is 55.9 cm³/mol. The third-order valence-electron chi connectivity index (χ3n) is 3.14. The number of hydrogen-bond donors (Lipinski definition) is 2. The van der Waals surface area contributed by atoms with Crippen molar-refractivity contribution in [1.82, 2.24) is 5.32 Å². The summed E-state index contributed by atoms with van der Waals surface area (Å²) in [6.07, 6.45) is 5.96. The molecule has 0 aromatic heterocycles. The number of aliphatic hydroxyl groups is 1. The Hall–Kier alpha value is -0.570. The number of carbonyl (C=O) groups excluding carboxylic acids is 1. The van der Waals surface area contributed by atoms with Gasteiger partial charge in [-0.15, -0.1) is 0 Å². The minimum atomic E-state index is -0.0105. The molecule has 2 N–H and O–H groups in total. The molecule has 1 rings (SSSR count). The number of amides is 1. The van der Waals surface area contributed by atoms with E-state index in [1.54, 1.807) is 0 Å². The molecule has 0 radical (unpaired) electrons. The zero-order chi connectivity index (χ0) is 10.4. The highest BCUT2D eigenvalue weighted by molar-refractivity contribution is 5.75. The van der Waals surface area contributed by atoms with Crippen molar-refractivity contribution in [3.63, 3.8) is 0 Å². The van der Waals surface area contributed by atoms with E-state index >= 15 is 0 Å². The van der Waals surface area contributed by atoms with Crippen LogP contribution < -0.4 is 5.32 Å². The second-order valence-corrected chi connectivity index (χ2v) is 4.39. The first-order chi connectivity index (χ1) is 6.72. The summed E-state index contributed by atoms with van der Waals surface area (Å²) in [6.45, 7) is 2.86. The van der Waals surface area contributed by atoms with E-state index in [1.807, 2.05) is 6.92 Å². The molecule has 0 aromatic carbocycles. The fourth-order valence-corrected chi connectivity index (χ4v) is 2.12. The molecule has 0 saturated heterocycles. The van der Waals surface area contributed by atoms with Gasteiger partial charge in [0, 0.05) is 18.4 Å². The molecule has 1 aliphatic rings. The first-order valence-corrected chi connectivity index (χ1v) is 5.60. The fraction of sp³-hybridized carbons (Fsp3) is 0.909. The van der Waals surface area contributed by atoms with Crippen LogP contribution in [0.15, 0.2) is 0 Å². The van der Waals surface area contributed by atoms with Gasteiger partial charge in [0.2, 0.25) is 5.91 Å². The maximum Gasteiger partial charge on any atom is 0.220 e. The summed E-state index contributed by atoms with van der Waals surface area (Å²) in [5.41, 5.74) is -0.0105. The van der Waals surface area contributed by atoms with Crippen LogP contribution >= 0.6 is 0 Å². The van der Waals surface area contributed by atoms with Crippen LogP contribution in [0.5, 0.6) is 0 Å². The molecule has 14 heavy (non-hydrogen) atoms. The van der Waals surface area contributed by atoms with E-state index in [0.717, 1.165) is 19.3 Å². The Morgan fingerprint density at radius 1 is 1.43 bits per heavy atom. The monoisotopic (exact) mass is 199 g/mol. The standard InChI is InChI=1S/C11H21NO2/c1-2-5-10(14)12-8-11(9-13)6-3-4-7-11/h13H,2-9H2,1H3,(H,12,14). The van der Waals surface area contributed by atoms with Crippen molar-refractivity contribution >= 4 is 5.91 Å². The number of nitrogens with one attached hydrogen (secondary N) is 1. The van der Waals surface area contributed by atoms with E-state index in [9.17, 15) is 9.90 Å². The van der Waals surface area contributed by atoms with Gasteiger partial charge in [0.15, 0.2) is 0 Å². The quantitative estimate of drug-likeness (QED) is 0.704. The Bertz CT molecular complexity index is 186. The molecule has 3 heteroatoms. The summed E-state index contributed by atoms with van der Waals surface area (Å²) >= 11 is 0. The van der Waals surface area contributed by atoms with Gasteiger partial charge in [-0.05, 0) is 19.3 Å². The van der Waals surface area contributed by atoms with Crippen LogP contribution in [0.2, 0.25) is 0 Å². The highest BCUT2D eigenvalue weighted by atomic mass is 16.3. The lowest BCUT2D eigenvalue weighted by Gasteiger charge is -2.26. The van der Waals surface area contributed by atoms with E-state index in [0.29, 0.717) is 13.0 Å². The predicted octanol–water partition coefficient (Wildman–Crippen LogP) is 1.46. The molecular formula is C11H21NO2. The molecule has 0 atom stereocenters. The Morgan fingerprint density at radius 2 is 2.07 bits per heavy atom. The van der Waals surface area contributed by atoms with Crippen LogP contribution in [0, 0.1) is 5.41 Å². The van der Waals surface area contributed by atoms with Crippen molar-refractivity contribution in [2.45, 2.75) is 45.4 Å². The maximum atomic E-state index is 11.3. The fourth-order valence-electron chi connectivity index (χ4n) is 2.12. The summed E-state index contributed by atoms with van der Waals surface area (Å²) in [7, 11) is 0. The van der Waals surface area contributed by atoms with Crippen LogP contribution in [-0.4, -0.2) is 24.2 Å². The third-order valence-corrected chi connectivity index (χ3v) is 3.14. The molecule has 0 heterocycles. The summed E-state index contributed by atoms with van der Waals surface area (Å²) in [5.74, 6) is 0.118. The number of carbonyl (C=O) groups is 1. The minimum Gasteiger partial charge on any atom is -0.396 e. The highest BCUT2D eigenvalue weighted by Gasteiger charge is 2.33. The van der Waals surface area contributed by atoms with Crippen molar-refractivity contribution in [2.75, 3.05) is 13.2 Å². The van der Waals surface area contributed by atoms with E-state index in [4.69, 9.17) is 0 Å². The summed E-state index contributed by atoms with van der Waals surface area (Å²) in [4.78, 5) is 11.3. The average Bonchev–Trinajstić information content (AvgIpc) is 2.65. The molecule has 1 saturated carbocycles. The largest absolute Gasteiger partial charge is 0.396 e. The van der Waals surface area contributed by atoms with Crippen molar-refractivity contribution in [3.05, 3.63) is 0 Å². The first-order valence-electron chi connectivity index (χ1n) is 5.60. The number of hydrogen-bond acceptors (Lipinski definition) is 2.